The van der Waals surface area contributed by atoms with Gasteiger partial charge in [-0.3, -0.25) is 4.79 Å². The predicted molar refractivity (Wildman–Crippen MR) is 150 cm³/mol. The lowest BCUT2D eigenvalue weighted by Crippen LogP contribution is -2.25. The molecule has 0 bridgehead atoms. The predicted octanol–water partition coefficient (Wildman–Crippen LogP) is 6.70. The Morgan fingerprint density at radius 3 is 1.92 bits per heavy atom. The number of amides is 1. The molecule has 1 aliphatic heterocycles. The molecule has 0 unspecified atom stereocenters. The van der Waals surface area contributed by atoms with Gasteiger partial charge in [0.15, 0.2) is 0 Å². The lowest BCUT2D eigenvalue weighted by atomic mass is 9.98. The van der Waals surface area contributed by atoms with Gasteiger partial charge in [-0.2, -0.15) is 5.10 Å². The van der Waals surface area contributed by atoms with E-state index in [2.05, 4.69) is 0 Å². The van der Waals surface area contributed by atoms with Gasteiger partial charge in [0.1, 0.15) is 5.75 Å². The molecular weight excluding hydrogens is 472 g/mol. The molecule has 5 heteroatoms. The summed E-state index contributed by atoms with van der Waals surface area (Å²) in [5.41, 5.74) is 4.17. The maximum absolute atomic E-state index is 13.3. The monoisotopic (exact) mass is 498 g/mol. The van der Waals surface area contributed by atoms with Crippen molar-refractivity contribution < 1.29 is 14.3 Å². The summed E-state index contributed by atoms with van der Waals surface area (Å²) in [6.45, 7) is 0. The number of hydrogen-bond donors (Lipinski definition) is 0. The van der Waals surface area contributed by atoms with Crippen molar-refractivity contribution in [2.24, 2.45) is 5.10 Å². The van der Waals surface area contributed by atoms with Crippen LogP contribution >= 0.6 is 0 Å². The molecule has 0 spiro atoms. The molecule has 1 atom stereocenters. The molecule has 186 valence electrons. The summed E-state index contributed by atoms with van der Waals surface area (Å²) in [5, 5.41) is 6.24. The molecule has 1 amide bonds. The average molecular weight is 499 g/mol. The van der Waals surface area contributed by atoms with Gasteiger partial charge < -0.3 is 4.74 Å². The highest BCUT2D eigenvalue weighted by Crippen LogP contribution is 2.35. The van der Waals surface area contributed by atoms with E-state index in [1.165, 1.54) is 17.2 Å². The van der Waals surface area contributed by atoms with E-state index in [9.17, 15) is 9.59 Å². The Labute approximate surface area is 222 Å². The van der Waals surface area contributed by atoms with Crippen LogP contribution in [0.25, 0.3) is 12.2 Å². The van der Waals surface area contributed by atoms with E-state index < -0.39 is 5.97 Å². The number of para-hydroxylation sites is 1. The van der Waals surface area contributed by atoms with E-state index in [4.69, 9.17) is 9.84 Å². The SMILES string of the molecule is O=C(/C=C/c1ccccc1)Oc1ccccc1C1=NN(C(=O)/C=C/c2ccccc2)[C@@H](c2ccccc2)C1. The molecule has 38 heavy (non-hydrogen) atoms. The number of hydrazone groups is 1. The Kier molecular flexibility index (Phi) is 7.66. The fourth-order valence-corrected chi connectivity index (χ4v) is 4.28. The Balaban J connectivity index is 1.41. The quantitative estimate of drug-likeness (QED) is 0.162. The minimum absolute atomic E-state index is 0.224. The summed E-state index contributed by atoms with van der Waals surface area (Å²) in [6, 6.07) is 36.0. The summed E-state index contributed by atoms with van der Waals surface area (Å²) in [7, 11) is 0. The van der Waals surface area contributed by atoms with Crippen LogP contribution in [-0.4, -0.2) is 22.6 Å². The van der Waals surface area contributed by atoms with Gasteiger partial charge >= 0.3 is 5.97 Å². The Bertz CT molecular complexity index is 1490. The van der Waals surface area contributed by atoms with Crippen LogP contribution in [0.5, 0.6) is 5.75 Å². The normalized spacial score (nSPS) is 15.1. The maximum Gasteiger partial charge on any atom is 0.336 e. The van der Waals surface area contributed by atoms with Gasteiger partial charge in [0.05, 0.1) is 11.8 Å². The molecule has 1 aliphatic rings. The van der Waals surface area contributed by atoms with Crippen molar-refractivity contribution in [2.45, 2.75) is 12.5 Å². The highest BCUT2D eigenvalue weighted by molar-refractivity contribution is 6.06. The zero-order valence-corrected chi connectivity index (χ0v) is 20.7. The molecule has 5 rings (SSSR count). The third-order valence-corrected chi connectivity index (χ3v) is 6.16. The Morgan fingerprint density at radius 1 is 0.711 bits per heavy atom. The molecule has 5 nitrogen and oxygen atoms in total. The number of ether oxygens (including phenoxy) is 1. The van der Waals surface area contributed by atoms with Gasteiger partial charge in [-0.1, -0.05) is 103 Å². The molecule has 0 fully saturated rings. The zero-order chi connectivity index (χ0) is 26.2. The van der Waals surface area contributed by atoms with Gasteiger partial charge in [0.2, 0.25) is 0 Å². The van der Waals surface area contributed by atoms with Gasteiger partial charge in [-0.05, 0) is 41.0 Å². The van der Waals surface area contributed by atoms with Gasteiger partial charge in [-0.25, -0.2) is 9.80 Å². The largest absolute Gasteiger partial charge is 0.423 e. The van der Waals surface area contributed by atoms with Crippen molar-refractivity contribution in [3.8, 4) is 5.75 Å². The standard InChI is InChI=1S/C33H26N2O3/c36-32(22-20-25-12-4-1-5-13-25)35-30(27-16-8-3-9-17-27)24-29(34-35)28-18-10-11-19-31(28)38-33(37)23-21-26-14-6-2-7-15-26/h1-23,30H,24H2/b22-20+,23-21+/t30-/m1/s1. The van der Waals surface area contributed by atoms with Crippen molar-refractivity contribution >= 4 is 29.7 Å². The number of esters is 1. The molecular formula is C33H26N2O3. The highest BCUT2D eigenvalue weighted by atomic mass is 16.5. The second kappa shape index (κ2) is 11.8. The molecule has 0 radical (unpaired) electrons. The molecule has 0 saturated carbocycles. The van der Waals surface area contributed by atoms with Crippen LogP contribution in [0.15, 0.2) is 133 Å². The van der Waals surface area contributed by atoms with Gasteiger partial charge in [-0.15, -0.1) is 0 Å². The third kappa shape index (κ3) is 6.02. The minimum atomic E-state index is -0.488. The molecule has 0 aliphatic carbocycles. The van der Waals surface area contributed by atoms with Gasteiger partial charge in [0.25, 0.3) is 5.91 Å². The van der Waals surface area contributed by atoms with Crippen LogP contribution < -0.4 is 4.74 Å². The number of nitrogens with zero attached hydrogens (tertiary/aromatic N) is 2. The van der Waals surface area contributed by atoms with E-state index in [-0.39, 0.29) is 11.9 Å². The Hall–Kier alpha value is -5.03. The fraction of sp³-hybridized carbons (Fsp3) is 0.0606. The van der Waals surface area contributed by atoms with Crippen molar-refractivity contribution in [3.63, 3.8) is 0 Å². The molecule has 0 aromatic heterocycles. The first-order valence-corrected chi connectivity index (χ1v) is 12.4. The first kappa shape index (κ1) is 24.7. The van der Waals surface area contributed by atoms with Crippen LogP contribution in [0, 0.1) is 0 Å². The lowest BCUT2D eigenvalue weighted by Gasteiger charge is -2.20. The lowest BCUT2D eigenvalue weighted by molar-refractivity contribution is -0.129. The molecule has 0 saturated heterocycles. The summed E-state index contributed by atoms with van der Waals surface area (Å²) >= 11 is 0. The average Bonchev–Trinajstić information content (AvgIpc) is 3.42. The smallest absolute Gasteiger partial charge is 0.336 e. The summed E-state index contributed by atoms with van der Waals surface area (Å²) in [4.78, 5) is 25.9. The van der Waals surface area contributed by atoms with Crippen LogP contribution in [0.1, 0.15) is 34.7 Å². The van der Waals surface area contributed by atoms with Crippen LogP contribution in [0.4, 0.5) is 0 Å². The van der Waals surface area contributed by atoms with Crippen molar-refractivity contribution in [1.29, 1.82) is 0 Å². The van der Waals surface area contributed by atoms with Crippen molar-refractivity contribution in [2.75, 3.05) is 0 Å². The van der Waals surface area contributed by atoms with E-state index in [1.54, 1.807) is 18.2 Å². The summed E-state index contributed by atoms with van der Waals surface area (Å²) in [6.07, 6.45) is 6.93. The van der Waals surface area contributed by atoms with Gasteiger partial charge in [0, 0.05) is 24.1 Å². The minimum Gasteiger partial charge on any atom is -0.423 e. The molecule has 4 aromatic carbocycles. The topological polar surface area (TPSA) is 59.0 Å². The summed E-state index contributed by atoms with van der Waals surface area (Å²) < 4.78 is 5.70. The first-order chi connectivity index (χ1) is 18.7. The third-order valence-electron chi connectivity index (χ3n) is 6.16. The van der Waals surface area contributed by atoms with Crippen molar-refractivity contribution in [3.05, 3.63) is 150 Å². The molecule has 1 heterocycles. The second-order valence-electron chi connectivity index (χ2n) is 8.77. The Morgan fingerprint density at radius 2 is 1.26 bits per heavy atom. The molecule has 4 aromatic rings. The second-order valence-corrected chi connectivity index (χ2v) is 8.77. The maximum atomic E-state index is 13.3. The molecule has 0 N–H and O–H groups in total. The van der Waals surface area contributed by atoms with Crippen LogP contribution in [-0.2, 0) is 9.59 Å². The van der Waals surface area contributed by atoms with Crippen LogP contribution in [0.3, 0.4) is 0 Å². The summed E-state index contributed by atoms with van der Waals surface area (Å²) in [5.74, 6) is -0.314. The number of rotatable bonds is 7. The van der Waals surface area contributed by atoms with E-state index in [0.29, 0.717) is 23.4 Å². The first-order valence-electron chi connectivity index (χ1n) is 12.4. The number of benzene rings is 4. The fourth-order valence-electron chi connectivity index (χ4n) is 4.28. The number of carbonyl (C=O) groups excluding carboxylic acids is 2. The van der Waals surface area contributed by atoms with E-state index in [0.717, 1.165) is 16.7 Å². The van der Waals surface area contributed by atoms with Crippen LogP contribution in [0.2, 0.25) is 0 Å². The zero-order valence-electron chi connectivity index (χ0n) is 20.7. The highest BCUT2D eigenvalue weighted by Gasteiger charge is 2.33. The number of hydrogen-bond acceptors (Lipinski definition) is 4. The van der Waals surface area contributed by atoms with Crippen molar-refractivity contribution in [1.82, 2.24) is 5.01 Å². The van der Waals surface area contributed by atoms with E-state index >= 15 is 0 Å². The number of carbonyl (C=O) groups is 2. The van der Waals surface area contributed by atoms with E-state index in [1.807, 2.05) is 109 Å².